The number of ether oxygens (including phenoxy) is 1. The van der Waals surface area contributed by atoms with E-state index in [0.29, 0.717) is 34.7 Å². The average Bonchev–Trinajstić information content (AvgIpc) is 3.31. The zero-order chi connectivity index (χ0) is 19.7. The highest BCUT2D eigenvalue weighted by atomic mass is 19.4. The van der Waals surface area contributed by atoms with Crippen LogP contribution < -0.4 is 10.2 Å². The molecule has 1 N–H and O–H groups in total. The van der Waals surface area contributed by atoms with Gasteiger partial charge in [0, 0.05) is 13.0 Å². The zero-order valence-electron chi connectivity index (χ0n) is 14.4. The molecule has 1 aliphatic heterocycles. The molecule has 1 atom stereocenters. The van der Waals surface area contributed by atoms with E-state index >= 15 is 0 Å². The molecule has 28 heavy (non-hydrogen) atoms. The first-order valence-electron chi connectivity index (χ1n) is 8.13. The van der Waals surface area contributed by atoms with Crippen LogP contribution in [0.25, 0.3) is 11.6 Å². The molecule has 0 bridgehead atoms. The SMILES string of the molecule is Cc1nnc(-c2ccc(OC3=C[C@@H](c4ccc(C(F)(F)F)cc4)ON3)cn2)o1. The van der Waals surface area contributed by atoms with Crippen molar-refractivity contribution in [2.45, 2.75) is 19.2 Å². The number of hydrogen-bond acceptors (Lipinski definition) is 7. The molecule has 3 heterocycles. The maximum atomic E-state index is 12.6. The van der Waals surface area contributed by atoms with Crippen LogP contribution >= 0.6 is 0 Å². The third-order valence-electron chi connectivity index (χ3n) is 3.87. The maximum absolute atomic E-state index is 12.6. The highest BCUT2D eigenvalue weighted by Crippen LogP contribution is 2.32. The molecule has 1 aliphatic rings. The first-order chi connectivity index (χ1) is 13.4. The van der Waals surface area contributed by atoms with Crippen molar-refractivity contribution in [3.05, 3.63) is 71.6 Å². The Hall–Kier alpha value is -3.40. The lowest BCUT2D eigenvalue weighted by molar-refractivity contribution is -0.137. The van der Waals surface area contributed by atoms with Crippen molar-refractivity contribution in [2.75, 3.05) is 0 Å². The van der Waals surface area contributed by atoms with E-state index in [1.54, 1.807) is 25.1 Å². The van der Waals surface area contributed by atoms with Gasteiger partial charge in [-0.05, 0) is 29.8 Å². The molecule has 10 heteroatoms. The van der Waals surface area contributed by atoms with Gasteiger partial charge >= 0.3 is 6.18 Å². The largest absolute Gasteiger partial charge is 0.438 e. The minimum absolute atomic E-state index is 0.299. The molecular formula is C18H13F3N4O3. The second-order valence-corrected chi connectivity index (χ2v) is 5.90. The second-order valence-electron chi connectivity index (χ2n) is 5.90. The van der Waals surface area contributed by atoms with E-state index < -0.39 is 17.8 Å². The van der Waals surface area contributed by atoms with Crippen LogP contribution in [0, 0.1) is 6.92 Å². The van der Waals surface area contributed by atoms with Crippen LogP contribution in [0.5, 0.6) is 5.75 Å². The summed E-state index contributed by atoms with van der Waals surface area (Å²) in [4.78, 5) is 9.53. The third kappa shape index (κ3) is 3.81. The van der Waals surface area contributed by atoms with Gasteiger partial charge < -0.3 is 9.15 Å². The van der Waals surface area contributed by atoms with Gasteiger partial charge in [0.15, 0.2) is 0 Å². The lowest BCUT2D eigenvalue weighted by Crippen LogP contribution is -2.12. The predicted molar refractivity (Wildman–Crippen MR) is 89.4 cm³/mol. The third-order valence-corrected chi connectivity index (χ3v) is 3.87. The predicted octanol–water partition coefficient (Wildman–Crippen LogP) is 3.96. The Morgan fingerprint density at radius 2 is 1.86 bits per heavy atom. The Kier molecular flexibility index (Phi) is 4.47. The van der Waals surface area contributed by atoms with E-state index in [0.717, 1.165) is 12.1 Å². The van der Waals surface area contributed by atoms with Crippen LogP contribution in [0.15, 0.2) is 59.0 Å². The van der Waals surface area contributed by atoms with Crippen molar-refractivity contribution in [2.24, 2.45) is 0 Å². The number of aryl methyl sites for hydroxylation is 1. The topological polar surface area (TPSA) is 82.3 Å². The Morgan fingerprint density at radius 1 is 1.07 bits per heavy atom. The number of rotatable bonds is 4. The van der Waals surface area contributed by atoms with E-state index in [1.807, 2.05) is 0 Å². The molecule has 0 spiro atoms. The number of alkyl halides is 3. The Balaban J connectivity index is 1.43. The Bertz CT molecular complexity index is 998. The molecule has 0 fully saturated rings. The number of benzene rings is 1. The van der Waals surface area contributed by atoms with Crippen LogP contribution in [-0.4, -0.2) is 15.2 Å². The zero-order valence-corrected chi connectivity index (χ0v) is 14.4. The Labute approximate surface area is 156 Å². The van der Waals surface area contributed by atoms with Crippen molar-refractivity contribution in [3.63, 3.8) is 0 Å². The van der Waals surface area contributed by atoms with Gasteiger partial charge in [-0.15, -0.1) is 10.2 Å². The summed E-state index contributed by atoms with van der Waals surface area (Å²) >= 11 is 0. The molecule has 0 unspecified atom stereocenters. The van der Waals surface area contributed by atoms with Gasteiger partial charge in [-0.25, -0.2) is 10.5 Å². The minimum Gasteiger partial charge on any atom is -0.438 e. The second kappa shape index (κ2) is 6.97. The van der Waals surface area contributed by atoms with Crippen LogP contribution in [0.1, 0.15) is 23.1 Å². The smallest absolute Gasteiger partial charge is 0.416 e. The van der Waals surface area contributed by atoms with Gasteiger partial charge in [-0.3, -0.25) is 4.84 Å². The molecule has 1 aromatic carbocycles. The quantitative estimate of drug-likeness (QED) is 0.722. The van der Waals surface area contributed by atoms with Gasteiger partial charge in [0.2, 0.25) is 11.8 Å². The summed E-state index contributed by atoms with van der Waals surface area (Å²) < 4.78 is 48.8. The lowest BCUT2D eigenvalue weighted by Gasteiger charge is -2.10. The fourth-order valence-corrected chi connectivity index (χ4v) is 2.50. The van der Waals surface area contributed by atoms with Crippen LogP contribution in [0.3, 0.4) is 0 Å². The van der Waals surface area contributed by atoms with E-state index in [9.17, 15) is 13.2 Å². The number of hydrogen-bond donors (Lipinski definition) is 1. The van der Waals surface area contributed by atoms with E-state index in [1.165, 1.54) is 18.3 Å². The molecule has 3 aromatic rings. The summed E-state index contributed by atoms with van der Waals surface area (Å²) in [6.07, 6.45) is -1.87. The molecule has 0 aliphatic carbocycles. The fraction of sp³-hybridized carbons (Fsp3) is 0.167. The maximum Gasteiger partial charge on any atom is 0.416 e. The molecular weight excluding hydrogens is 377 g/mol. The number of aromatic nitrogens is 3. The molecule has 2 aromatic heterocycles. The summed E-state index contributed by atoms with van der Waals surface area (Å²) in [7, 11) is 0. The summed E-state index contributed by atoms with van der Waals surface area (Å²) in [5.41, 5.74) is 2.93. The fourth-order valence-electron chi connectivity index (χ4n) is 2.50. The van der Waals surface area contributed by atoms with Gasteiger partial charge in [0.05, 0.1) is 11.8 Å². The average molecular weight is 390 g/mol. The van der Waals surface area contributed by atoms with Crippen molar-refractivity contribution >= 4 is 0 Å². The van der Waals surface area contributed by atoms with Crippen LogP contribution in [-0.2, 0) is 11.0 Å². The first kappa shape index (κ1) is 18.0. The van der Waals surface area contributed by atoms with E-state index in [4.69, 9.17) is 14.0 Å². The minimum atomic E-state index is -4.38. The van der Waals surface area contributed by atoms with E-state index in [2.05, 4.69) is 20.7 Å². The monoisotopic (exact) mass is 390 g/mol. The normalized spacial score (nSPS) is 16.6. The Morgan fingerprint density at radius 3 is 2.46 bits per heavy atom. The van der Waals surface area contributed by atoms with Crippen molar-refractivity contribution in [3.8, 4) is 17.3 Å². The van der Waals surface area contributed by atoms with Crippen LogP contribution in [0.4, 0.5) is 13.2 Å². The molecule has 7 nitrogen and oxygen atoms in total. The number of nitrogens with zero attached hydrogens (tertiary/aromatic N) is 3. The highest BCUT2D eigenvalue weighted by molar-refractivity contribution is 5.47. The number of pyridine rings is 1. The van der Waals surface area contributed by atoms with Gasteiger partial charge in [-0.2, -0.15) is 13.2 Å². The molecule has 0 saturated heterocycles. The van der Waals surface area contributed by atoms with Gasteiger partial charge in [0.1, 0.15) is 17.5 Å². The van der Waals surface area contributed by atoms with Crippen LogP contribution in [0.2, 0.25) is 0 Å². The standard InChI is InChI=1S/C18H13F3N4O3/c1-10-23-24-17(26-10)14-7-6-13(9-22-14)27-16-8-15(28-25-16)11-2-4-12(5-3-11)18(19,20)21/h2-9,15,25H,1H3/t15-/m0/s1. The first-order valence-corrected chi connectivity index (χ1v) is 8.13. The molecule has 0 radical (unpaired) electrons. The lowest BCUT2D eigenvalue weighted by atomic mass is 10.1. The van der Waals surface area contributed by atoms with Gasteiger partial charge in [0.25, 0.3) is 5.89 Å². The highest BCUT2D eigenvalue weighted by Gasteiger charge is 2.30. The molecule has 0 saturated carbocycles. The summed E-state index contributed by atoms with van der Waals surface area (Å²) in [6.45, 7) is 1.68. The van der Waals surface area contributed by atoms with E-state index in [-0.39, 0.29) is 0 Å². The summed E-state index contributed by atoms with van der Waals surface area (Å²) in [6, 6.07) is 8.05. The summed E-state index contributed by atoms with van der Waals surface area (Å²) in [5.74, 6) is 1.46. The van der Waals surface area contributed by atoms with Gasteiger partial charge in [-0.1, -0.05) is 12.1 Å². The van der Waals surface area contributed by atoms with Crippen molar-refractivity contribution < 1.29 is 27.2 Å². The number of hydroxylamine groups is 1. The molecule has 4 rings (SSSR count). The molecule has 144 valence electrons. The summed E-state index contributed by atoms with van der Waals surface area (Å²) in [5, 5.41) is 7.62. The molecule has 0 amide bonds. The number of nitrogens with one attached hydrogen (secondary N) is 1. The van der Waals surface area contributed by atoms with Crippen molar-refractivity contribution in [1.82, 2.24) is 20.7 Å². The number of halogens is 3. The van der Waals surface area contributed by atoms with Crippen molar-refractivity contribution in [1.29, 1.82) is 0 Å².